The highest BCUT2D eigenvalue weighted by Crippen LogP contribution is 2.32. The summed E-state index contributed by atoms with van der Waals surface area (Å²) in [7, 11) is 1.24. The molecule has 1 aliphatic rings. The van der Waals surface area contributed by atoms with E-state index in [4.69, 9.17) is 15.2 Å². The van der Waals surface area contributed by atoms with Gasteiger partial charge in [-0.2, -0.15) is 14.2 Å². The number of carbonyl (C=O) groups is 1. The third kappa shape index (κ3) is 5.28. The first-order valence-corrected chi connectivity index (χ1v) is 12.6. The van der Waals surface area contributed by atoms with Crippen LogP contribution in [0.25, 0.3) is 28.2 Å². The Hall–Kier alpha value is -4.62. The number of halogens is 2. The number of hydrogen-bond donors (Lipinski definition) is 1. The summed E-state index contributed by atoms with van der Waals surface area (Å²) in [5, 5.41) is 16.0. The average molecular weight is 554 g/mol. The number of methoxy groups -OCH3 is 1. The van der Waals surface area contributed by atoms with Crippen LogP contribution in [0.15, 0.2) is 36.8 Å². The number of anilines is 1. The van der Waals surface area contributed by atoms with Crippen molar-refractivity contribution in [1.82, 2.24) is 39.9 Å². The highest BCUT2D eigenvalue weighted by atomic mass is 19.2. The number of carbonyl (C=O) groups excluding carboxylic acids is 1. The Labute approximate surface area is 228 Å². The summed E-state index contributed by atoms with van der Waals surface area (Å²) in [4.78, 5) is 18.6. The van der Waals surface area contributed by atoms with E-state index in [9.17, 15) is 13.6 Å². The lowest BCUT2D eigenvalue weighted by molar-refractivity contribution is 0.0167. The first-order chi connectivity index (χ1) is 19.1. The number of aromatic nitrogens is 7. The molecule has 1 amide bonds. The Morgan fingerprint density at radius 1 is 1.15 bits per heavy atom. The molecule has 0 saturated carbocycles. The Bertz CT molecular complexity index is 1550. The van der Waals surface area contributed by atoms with Gasteiger partial charge in [-0.25, -0.2) is 14.2 Å². The van der Waals surface area contributed by atoms with Crippen molar-refractivity contribution in [2.45, 2.75) is 45.3 Å². The van der Waals surface area contributed by atoms with Crippen molar-refractivity contribution in [1.29, 1.82) is 0 Å². The van der Waals surface area contributed by atoms with E-state index in [1.807, 2.05) is 31.6 Å². The number of nitrogen functional groups attached to an aromatic ring is 1. The first kappa shape index (κ1) is 27.0. The van der Waals surface area contributed by atoms with Crippen LogP contribution >= 0.6 is 0 Å². The zero-order valence-corrected chi connectivity index (χ0v) is 22.5. The Kier molecular flexibility index (Phi) is 7.08. The minimum atomic E-state index is -1.18. The summed E-state index contributed by atoms with van der Waals surface area (Å²) in [5.74, 6) is -2.42. The van der Waals surface area contributed by atoms with Gasteiger partial charge in [0.15, 0.2) is 17.4 Å². The second-order valence-electron chi connectivity index (χ2n) is 10.4. The van der Waals surface area contributed by atoms with Crippen molar-refractivity contribution < 1.29 is 23.0 Å². The van der Waals surface area contributed by atoms with E-state index in [-0.39, 0.29) is 35.2 Å². The van der Waals surface area contributed by atoms with Crippen LogP contribution in [-0.4, -0.2) is 71.8 Å². The molecule has 2 N–H and O–H groups in total. The molecule has 0 unspecified atom stereocenters. The maximum absolute atomic E-state index is 14.8. The zero-order valence-electron chi connectivity index (χ0n) is 22.5. The molecule has 4 heterocycles. The SMILES string of the molecule is COc1ccc(-n2nnnc2-c2cc(-c3cnn([C@H]4CCCN(C(=O)OC(C)(C)C)C4)c3)cnc2N)c(F)c1F. The van der Waals surface area contributed by atoms with E-state index in [0.717, 1.165) is 23.1 Å². The van der Waals surface area contributed by atoms with Gasteiger partial charge in [-0.3, -0.25) is 4.68 Å². The van der Waals surface area contributed by atoms with E-state index in [1.165, 1.54) is 19.2 Å². The predicted molar refractivity (Wildman–Crippen MR) is 141 cm³/mol. The monoisotopic (exact) mass is 553 g/mol. The molecule has 14 heteroatoms. The number of nitrogens with zero attached hydrogens (tertiary/aromatic N) is 8. The molecular formula is C26H29F2N9O3. The van der Waals surface area contributed by atoms with Crippen molar-refractivity contribution in [3.63, 3.8) is 0 Å². The summed E-state index contributed by atoms with van der Waals surface area (Å²) in [6.45, 7) is 6.61. The average Bonchev–Trinajstić information content (AvgIpc) is 3.60. The van der Waals surface area contributed by atoms with Crippen molar-refractivity contribution in [3.8, 4) is 34.0 Å². The summed E-state index contributed by atoms with van der Waals surface area (Å²) in [6.07, 6.45) is 6.45. The molecule has 0 radical (unpaired) electrons. The molecule has 40 heavy (non-hydrogen) atoms. The molecular weight excluding hydrogens is 524 g/mol. The maximum Gasteiger partial charge on any atom is 0.410 e. The fraction of sp³-hybridized carbons (Fsp3) is 0.385. The van der Waals surface area contributed by atoms with E-state index >= 15 is 0 Å². The van der Waals surface area contributed by atoms with Crippen LogP contribution in [0.4, 0.5) is 19.4 Å². The molecule has 4 aromatic rings. The minimum Gasteiger partial charge on any atom is -0.494 e. The van der Waals surface area contributed by atoms with Gasteiger partial charge in [0, 0.05) is 36.6 Å². The molecule has 1 atom stereocenters. The van der Waals surface area contributed by atoms with Gasteiger partial charge >= 0.3 is 6.09 Å². The topological polar surface area (TPSA) is 139 Å². The van der Waals surface area contributed by atoms with Crippen molar-refractivity contribution in [2.75, 3.05) is 25.9 Å². The van der Waals surface area contributed by atoms with Crippen LogP contribution in [0, 0.1) is 11.6 Å². The lowest BCUT2D eigenvalue weighted by atomic mass is 10.1. The Morgan fingerprint density at radius 3 is 2.70 bits per heavy atom. The number of pyridine rings is 1. The van der Waals surface area contributed by atoms with Crippen LogP contribution in [0.5, 0.6) is 5.75 Å². The largest absolute Gasteiger partial charge is 0.494 e. The number of hydrogen-bond acceptors (Lipinski definition) is 9. The van der Waals surface area contributed by atoms with Gasteiger partial charge in [0.25, 0.3) is 0 Å². The van der Waals surface area contributed by atoms with Crippen molar-refractivity contribution in [3.05, 3.63) is 48.4 Å². The molecule has 1 saturated heterocycles. The van der Waals surface area contributed by atoms with E-state index in [2.05, 4.69) is 25.6 Å². The summed E-state index contributed by atoms with van der Waals surface area (Å²) >= 11 is 0. The van der Waals surface area contributed by atoms with Crippen LogP contribution in [0.2, 0.25) is 0 Å². The molecule has 5 rings (SSSR count). The van der Waals surface area contributed by atoms with E-state index < -0.39 is 17.2 Å². The number of ether oxygens (including phenoxy) is 2. The predicted octanol–water partition coefficient (Wildman–Crippen LogP) is 4.03. The highest BCUT2D eigenvalue weighted by molar-refractivity contribution is 5.76. The summed E-state index contributed by atoms with van der Waals surface area (Å²) < 4.78 is 42.5. The van der Waals surface area contributed by atoms with Crippen LogP contribution in [0.1, 0.15) is 39.7 Å². The van der Waals surface area contributed by atoms with Crippen LogP contribution in [0.3, 0.4) is 0 Å². The molecule has 210 valence electrons. The molecule has 1 fully saturated rings. The number of amides is 1. The summed E-state index contributed by atoms with van der Waals surface area (Å²) in [5.41, 5.74) is 7.07. The highest BCUT2D eigenvalue weighted by Gasteiger charge is 2.29. The molecule has 0 bridgehead atoms. The van der Waals surface area contributed by atoms with E-state index in [1.54, 1.807) is 23.4 Å². The number of tetrazole rings is 1. The number of benzene rings is 1. The van der Waals surface area contributed by atoms with Gasteiger partial charge in [0.2, 0.25) is 5.82 Å². The lowest BCUT2D eigenvalue weighted by Crippen LogP contribution is -2.43. The summed E-state index contributed by atoms with van der Waals surface area (Å²) in [6, 6.07) is 4.26. The first-order valence-electron chi connectivity index (χ1n) is 12.6. The Morgan fingerprint density at radius 2 is 1.95 bits per heavy atom. The number of nitrogens with two attached hydrogens (primary N) is 1. The van der Waals surface area contributed by atoms with Crippen LogP contribution in [-0.2, 0) is 4.74 Å². The fourth-order valence-electron chi connectivity index (χ4n) is 4.52. The van der Waals surface area contributed by atoms with Crippen molar-refractivity contribution in [2.24, 2.45) is 0 Å². The van der Waals surface area contributed by atoms with Gasteiger partial charge in [-0.05, 0) is 62.2 Å². The Balaban J connectivity index is 1.42. The smallest absolute Gasteiger partial charge is 0.410 e. The molecule has 3 aromatic heterocycles. The molecule has 1 aliphatic heterocycles. The second kappa shape index (κ2) is 10.5. The fourth-order valence-corrected chi connectivity index (χ4v) is 4.52. The van der Waals surface area contributed by atoms with E-state index in [0.29, 0.717) is 24.2 Å². The quantitative estimate of drug-likeness (QED) is 0.388. The maximum atomic E-state index is 14.8. The second-order valence-corrected chi connectivity index (χ2v) is 10.4. The van der Waals surface area contributed by atoms with Gasteiger partial charge < -0.3 is 20.1 Å². The molecule has 0 aliphatic carbocycles. The molecule has 1 aromatic carbocycles. The van der Waals surface area contributed by atoms with Gasteiger partial charge in [0.1, 0.15) is 17.1 Å². The normalized spacial score (nSPS) is 15.8. The number of rotatable bonds is 5. The minimum absolute atomic E-state index is 0.0310. The third-order valence-corrected chi connectivity index (χ3v) is 6.46. The van der Waals surface area contributed by atoms with Gasteiger partial charge in [-0.15, -0.1) is 5.10 Å². The third-order valence-electron chi connectivity index (χ3n) is 6.46. The standard InChI is InChI=1S/C26H29F2N9O3/c1-26(2,3)40-25(38)35-9-5-6-17(14-35)36-13-16(12-31-36)15-10-18(23(29)30-11-15)24-32-33-34-37(24)19-7-8-20(39-4)22(28)21(19)27/h7-8,10-13,17H,5-6,9,14H2,1-4H3,(H2,29,30)/t17-/m0/s1. The molecule has 12 nitrogen and oxygen atoms in total. The number of piperidine rings is 1. The zero-order chi connectivity index (χ0) is 28.6. The van der Waals surface area contributed by atoms with Gasteiger partial charge in [-0.1, -0.05) is 0 Å². The van der Waals surface area contributed by atoms with Gasteiger partial charge in [0.05, 0.1) is 24.9 Å². The van der Waals surface area contributed by atoms with Crippen molar-refractivity contribution >= 4 is 11.9 Å². The molecule has 0 spiro atoms. The number of likely N-dealkylation sites (tertiary alicyclic amines) is 1. The van der Waals surface area contributed by atoms with Crippen LogP contribution < -0.4 is 10.5 Å². The lowest BCUT2D eigenvalue weighted by Gasteiger charge is -2.34.